The van der Waals surface area contributed by atoms with Crippen LogP contribution in [0.25, 0.3) is 0 Å². The number of carbonyl (C=O) groups excluding carboxylic acids is 2. The van der Waals surface area contributed by atoms with Crippen LogP contribution in [0, 0.1) is 0 Å². The maximum Gasteiger partial charge on any atom is 0.338 e. The summed E-state index contributed by atoms with van der Waals surface area (Å²) in [4.78, 5) is 30.2. The number of nitrogens with zero attached hydrogens (tertiary/aromatic N) is 2. The van der Waals surface area contributed by atoms with Crippen molar-refractivity contribution in [3.05, 3.63) is 65.7 Å². The Labute approximate surface area is 279 Å². The number of amides is 1. The van der Waals surface area contributed by atoms with E-state index < -0.39 is 12.3 Å². The lowest BCUT2D eigenvalue weighted by molar-refractivity contribution is -0.115. The molecule has 0 saturated heterocycles. The first-order valence-electron chi connectivity index (χ1n) is 15.1. The van der Waals surface area contributed by atoms with E-state index in [2.05, 4.69) is 6.07 Å². The van der Waals surface area contributed by atoms with E-state index >= 15 is 0 Å². The zero-order chi connectivity index (χ0) is 33.8. The predicted molar refractivity (Wildman–Crippen MR) is 177 cm³/mol. The Bertz CT molecular complexity index is 1500. The maximum absolute atomic E-state index is 12.6. The molecule has 254 valence electrons. The minimum Gasteiger partial charge on any atom is -0.491 e. The second-order valence-electron chi connectivity index (χ2n) is 10.5. The first kappa shape index (κ1) is 36.0. The van der Waals surface area contributed by atoms with Gasteiger partial charge in [-0.25, -0.2) is 4.79 Å². The number of hydrogen-bond acceptors (Lipinski definition) is 12. The number of esters is 1. The molecule has 0 aromatic heterocycles. The van der Waals surface area contributed by atoms with Crippen LogP contribution in [0.3, 0.4) is 0 Å². The van der Waals surface area contributed by atoms with Gasteiger partial charge in [-0.1, -0.05) is 11.8 Å². The Morgan fingerprint density at radius 2 is 1.30 bits per heavy atom. The fraction of sp³-hybridized carbons (Fsp3) is 0.412. The molecule has 0 aliphatic carbocycles. The number of aliphatic hydroxyl groups is 1. The third kappa shape index (κ3) is 9.83. The van der Waals surface area contributed by atoms with Crippen LogP contribution in [0.15, 0.2) is 64.4 Å². The molecule has 0 saturated carbocycles. The van der Waals surface area contributed by atoms with Crippen LogP contribution in [0.1, 0.15) is 29.1 Å². The fourth-order valence-electron chi connectivity index (χ4n) is 4.72. The molecule has 3 aromatic rings. The number of ether oxygens (including phenoxy) is 7. The highest BCUT2D eigenvalue weighted by atomic mass is 32.2. The van der Waals surface area contributed by atoms with Crippen molar-refractivity contribution in [2.75, 3.05) is 91.0 Å². The predicted octanol–water partition coefficient (Wildman–Crippen LogP) is 4.83. The summed E-state index contributed by atoms with van der Waals surface area (Å²) in [5, 5.41) is 10.0. The summed E-state index contributed by atoms with van der Waals surface area (Å²) in [6.07, 6.45) is -1.29. The number of carbonyl (C=O) groups is 2. The van der Waals surface area contributed by atoms with Crippen LogP contribution in [-0.2, 0) is 28.5 Å². The minimum atomic E-state index is -1.29. The van der Waals surface area contributed by atoms with Crippen LogP contribution in [0.4, 0.5) is 17.1 Å². The quantitative estimate of drug-likeness (QED) is 0.113. The van der Waals surface area contributed by atoms with E-state index in [1.807, 2.05) is 49.3 Å². The van der Waals surface area contributed by atoms with Crippen molar-refractivity contribution in [2.24, 2.45) is 0 Å². The van der Waals surface area contributed by atoms with E-state index in [0.717, 1.165) is 26.9 Å². The lowest BCUT2D eigenvalue weighted by atomic mass is 10.1. The molecule has 4 rings (SSSR count). The van der Waals surface area contributed by atoms with Crippen molar-refractivity contribution in [1.82, 2.24) is 0 Å². The number of benzene rings is 3. The van der Waals surface area contributed by atoms with E-state index in [9.17, 15) is 14.7 Å². The van der Waals surface area contributed by atoms with E-state index in [0.29, 0.717) is 57.7 Å². The van der Waals surface area contributed by atoms with Gasteiger partial charge in [-0.3, -0.25) is 9.69 Å². The highest BCUT2D eigenvalue weighted by molar-refractivity contribution is 7.99. The number of rotatable bonds is 18. The van der Waals surface area contributed by atoms with Gasteiger partial charge in [0.15, 0.2) is 6.29 Å². The van der Waals surface area contributed by atoms with Gasteiger partial charge in [0.05, 0.1) is 63.7 Å². The standard InChI is InChI=1S/C34H42N2O10S/c1-23(37)36-29-10-6-24(35(2)3)20-31(29)47-32-22-26(8-11-30(32)36)46-19-17-44-15-13-42-12-14-43-16-18-45-25-7-9-27(33(38)40-4)28(21-25)34(39)41-5/h6-11,20-22,34,39H,12-19H2,1-5H3. The molecule has 0 fully saturated rings. The Morgan fingerprint density at radius 1 is 0.766 bits per heavy atom. The van der Waals surface area contributed by atoms with Crippen molar-refractivity contribution in [3.63, 3.8) is 0 Å². The summed E-state index contributed by atoms with van der Waals surface area (Å²) >= 11 is 1.62. The number of aliphatic hydroxyl groups excluding tert-OH is 1. The summed E-state index contributed by atoms with van der Waals surface area (Å²) in [5.41, 5.74) is 3.24. The summed E-state index contributed by atoms with van der Waals surface area (Å²) in [6.45, 7) is 4.58. The summed E-state index contributed by atoms with van der Waals surface area (Å²) < 4.78 is 38.0. The summed E-state index contributed by atoms with van der Waals surface area (Å²) in [6, 6.07) is 16.5. The van der Waals surface area contributed by atoms with Crippen molar-refractivity contribution >= 4 is 40.7 Å². The average molecular weight is 671 g/mol. The molecule has 0 spiro atoms. The van der Waals surface area contributed by atoms with Gasteiger partial charge in [0, 0.05) is 49.2 Å². The lowest BCUT2D eigenvalue weighted by Crippen LogP contribution is -2.26. The first-order chi connectivity index (χ1) is 22.7. The molecule has 0 radical (unpaired) electrons. The van der Waals surface area contributed by atoms with Crippen LogP contribution < -0.4 is 19.3 Å². The fourth-order valence-corrected chi connectivity index (χ4v) is 5.84. The van der Waals surface area contributed by atoms with Gasteiger partial charge < -0.3 is 43.2 Å². The molecule has 47 heavy (non-hydrogen) atoms. The third-order valence-electron chi connectivity index (χ3n) is 7.06. The van der Waals surface area contributed by atoms with Crippen LogP contribution >= 0.6 is 11.8 Å². The molecular weight excluding hydrogens is 628 g/mol. The van der Waals surface area contributed by atoms with E-state index in [4.69, 9.17) is 33.2 Å². The molecule has 12 nitrogen and oxygen atoms in total. The summed E-state index contributed by atoms with van der Waals surface area (Å²) in [5.74, 6) is 0.540. The molecule has 13 heteroatoms. The number of anilines is 3. The molecule has 1 unspecified atom stereocenters. The molecule has 1 aliphatic rings. The number of hydrogen-bond donors (Lipinski definition) is 1. The first-order valence-corrected chi connectivity index (χ1v) is 15.9. The van der Waals surface area contributed by atoms with Gasteiger partial charge in [0.2, 0.25) is 5.91 Å². The Hall–Kier alpha value is -3.85. The highest BCUT2D eigenvalue weighted by Gasteiger charge is 2.27. The summed E-state index contributed by atoms with van der Waals surface area (Å²) in [7, 11) is 6.58. The Morgan fingerprint density at radius 3 is 1.85 bits per heavy atom. The van der Waals surface area contributed by atoms with E-state index in [1.165, 1.54) is 26.4 Å². The molecule has 1 aliphatic heterocycles. The van der Waals surface area contributed by atoms with Gasteiger partial charge in [-0.05, 0) is 54.6 Å². The molecule has 1 N–H and O–H groups in total. The molecule has 3 aromatic carbocycles. The highest BCUT2D eigenvalue weighted by Crippen LogP contribution is 2.50. The molecule has 0 bridgehead atoms. The van der Waals surface area contributed by atoms with Gasteiger partial charge in [-0.2, -0.15) is 0 Å². The number of methoxy groups -OCH3 is 2. The largest absolute Gasteiger partial charge is 0.491 e. The van der Waals surface area contributed by atoms with E-state index in [1.54, 1.807) is 29.7 Å². The smallest absolute Gasteiger partial charge is 0.338 e. The molecule has 1 amide bonds. The zero-order valence-corrected chi connectivity index (χ0v) is 28.2. The monoisotopic (exact) mass is 670 g/mol. The van der Waals surface area contributed by atoms with Gasteiger partial charge in [0.25, 0.3) is 0 Å². The Kier molecular flexibility index (Phi) is 13.7. The normalized spacial score (nSPS) is 12.6. The van der Waals surface area contributed by atoms with E-state index in [-0.39, 0.29) is 23.6 Å². The van der Waals surface area contributed by atoms with Crippen molar-refractivity contribution in [2.45, 2.75) is 23.0 Å². The van der Waals surface area contributed by atoms with Gasteiger partial charge >= 0.3 is 5.97 Å². The molecule has 1 atom stereocenters. The maximum atomic E-state index is 12.6. The van der Waals surface area contributed by atoms with Gasteiger partial charge in [0.1, 0.15) is 24.7 Å². The second kappa shape index (κ2) is 17.9. The van der Waals surface area contributed by atoms with Crippen molar-refractivity contribution in [3.8, 4) is 11.5 Å². The van der Waals surface area contributed by atoms with Crippen LogP contribution in [0.5, 0.6) is 11.5 Å². The molecular formula is C34H42N2O10S. The zero-order valence-electron chi connectivity index (χ0n) is 27.4. The third-order valence-corrected chi connectivity index (χ3v) is 8.16. The van der Waals surface area contributed by atoms with Gasteiger partial charge in [-0.15, -0.1) is 0 Å². The van der Waals surface area contributed by atoms with Crippen molar-refractivity contribution < 1.29 is 47.9 Å². The van der Waals surface area contributed by atoms with Crippen molar-refractivity contribution in [1.29, 1.82) is 0 Å². The molecule has 1 heterocycles. The lowest BCUT2D eigenvalue weighted by Gasteiger charge is -2.31. The minimum absolute atomic E-state index is 0.0459. The van der Waals surface area contributed by atoms with Crippen LogP contribution in [0.2, 0.25) is 0 Å². The number of fused-ring (bicyclic) bond motifs is 2. The SMILES string of the molecule is COC(=O)c1ccc(OCCOCCOCCOCCOc2ccc3c(c2)Sc2cc(N(C)C)ccc2N3C(C)=O)cc1C(O)OC. The topological polar surface area (TPSA) is 125 Å². The Balaban J connectivity index is 1.08. The average Bonchev–Trinajstić information content (AvgIpc) is 3.07. The van der Waals surface area contributed by atoms with Crippen LogP contribution in [-0.4, -0.2) is 98.2 Å². The second-order valence-corrected chi connectivity index (χ2v) is 11.6.